The average molecular weight is 425 g/mol. The van der Waals surface area contributed by atoms with Crippen molar-refractivity contribution in [3.63, 3.8) is 0 Å². The lowest BCUT2D eigenvalue weighted by Gasteiger charge is -2.21. The van der Waals surface area contributed by atoms with E-state index in [2.05, 4.69) is 10.3 Å². The summed E-state index contributed by atoms with van der Waals surface area (Å²) in [7, 11) is -2.06. The molecule has 9 heteroatoms. The van der Waals surface area contributed by atoms with Crippen molar-refractivity contribution in [2.24, 2.45) is 7.05 Å². The van der Waals surface area contributed by atoms with Crippen molar-refractivity contribution < 1.29 is 12.8 Å². The number of nitriles is 1. The van der Waals surface area contributed by atoms with Gasteiger partial charge < -0.3 is 9.88 Å². The number of benzene rings is 2. The Morgan fingerprint density at radius 3 is 2.63 bits per heavy atom. The van der Waals surface area contributed by atoms with Crippen LogP contribution in [0.15, 0.2) is 66.1 Å². The molecule has 0 radical (unpaired) electrons. The number of hydrogen-bond acceptors (Lipinski definition) is 5. The van der Waals surface area contributed by atoms with E-state index in [1.807, 2.05) is 36.4 Å². The van der Waals surface area contributed by atoms with Gasteiger partial charge in [0.1, 0.15) is 5.82 Å². The van der Waals surface area contributed by atoms with E-state index in [1.165, 1.54) is 22.9 Å². The molecule has 2 atom stereocenters. The van der Waals surface area contributed by atoms with Crippen LogP contribution in [0.25, 0.3) is 0 Å². The maximum absolute atomic E-state index is 13.9. The summed E-state index contributed by atoms with van der Waals surface area (Å²) in [6, 6.07) is 15.2. The van der Waals surface area contributed by atoms with Gasteiger partial charge >= 0.3 is 0 Å². The molecular weight excluding hydrogens is 405 g/mol. The molecule has 0 aliphatic carbocycles. The molecule has 7 nitrogen and oxygen atoms in total. The third kappa shape index (κ3) is 3.92. The topological polar surface area (TPSA) is 91.0 Å². The number of anilines is 1. The second-order valence-electron chi connectivity index (χ2n) is 7.31. The third-order valence-corrected chi connectivity index (χ3v) is 6.90. The van der Waals surface area contributed by atoms with Crippen LogP contribution >= 0.6 is 0 Å². The summed E-state index contributed by atoms with van der Waals surface area (Å²) in [6.07, 6.45) is 2.92. The fourth-order valence-corrected chi connectivity index (χ4v) is 5.21. The van der Waals surface area contributed by atoms with Crippen molar-refractivity contribution in [3.05, 3.63) is 78.0 Å². The van der Waals surface area contributed by atoms with Gasteiger partial charge in [0.05, 0.1) is 18.0 Å². The van der Waals surface area contributed by atoms with Crippen molar-refractivity contribution in [2.45, 2.75) is 17.0 Å². The van der Waals surface area contributed by atoms with Crippen molar-refractivity contribution in [1.29, 1.82) is 5.26 Å². The number of nitrogens with zero attached hydrogens (tertiary/aromatic N) is 4. The molecule has 154 valence electrons. The maximum atomic E-state index is 13.9. The minimum atomic E-state index is -3.77. The molecule has 1 aliphatic heterocycles. The lowest BCUT2D eigenvalue weighted by atomic mass is 9.94. The summed E-state index contributed by atoms with van der Waals surface area (Å²) < 4.78 is 43.1. The molecule has 4 rings (SSSR count). The molecule has 1 fully saturated rings. The van der Waals surface area contributed by atoms with Gasteiger partial charge in [0.25, 0.3) is 10.0 Å². The van der Waals surface area contributed by atoms with Crippen LogP contribution < -0.4 is 5.32 Å². The molecule has 0 amide bonds. The summed E-state index contributed by atoms with van der Waals surface area (Å²) in [4.78, 5) is 4.00. The standard InChI is InChI=1S/C21H20FN5O2S/c1-26-13-21(24-14-26)30(28,29)27-11-19(16-5-3-2-4-6-16)20(12-27)25-18-8-15(10-23)7-17(22)9-18/h2-9,13-14,19-20,25H,11-12H2,1H3/t19-,20+/m0/s1. The Hall–Kier alpha value is -3.22. The zero-order chi connectivity index (χ0) is 21.3. The lowest BCUT2D eigenvalue weighted by molar-refractivity contribution is 0.468. The van der Waals surface area contributed by atoms with Crippen molar-refractivity contribution in [1.82, 2.24) is 13.9 Å². The highest BCUT2D eigenvalue weighted by molar-refractivity contribution is 7.89. The Morgan fingerprint density at radius 1 is 1.20 bits per heavy atom. The average Bonchev–Trinajstić information content (AvgIpc) is 3.35. The minimum Gasteiger partial charge on any atom is -0.380 e. The lowest BCUT2D eigenvalue weighted by Crippen LogP contribution is -2.32. The van der Waals surface area contributed by atoms with Crippen LogP contribution in [0.5, 0.6) is 0 Å². The van der Waals surface area contributed by atoms with Gasteiger partial charge in [-0.2, -0.15) is 9.57 Å². The van der Waals surface area contributed by atoms with E-state index in [0.717, 1.165) is 11.6 Å². The van der Waals surface area contributed by atoms with Gasteiger partial charge in [-0.05, 0) is 23.8 Å². The summed E-state index contributed by atoms with van der Waals surface area (Å²) in [6.45, 7) is 0.456. The van der Waals surface area contributed by atoms with Crippen molar-refractivity contribution in [2.75, 3.05) is 18.4 Å². The second kappa shape index (κ2) is 7.89. The highest BCUT2D eigenvalue weighted by Gasteiger charge is 2.41. The number of imidazole rings is 1. The van der Waals surface area contributed by atoms with Crippen molar-refractivity contribution in [3.8, 4) is 6.07 Å². The number of halogens is 1. The number of rotatable bonds is 5. The van der Waals surface area contributed by atoms with E-state index in [1.54, 1.807) is 17.7 Å². The Labute approximate surface area is 174 Å². The fourth-order valence-electron chi connectivity index (χ4n) is 3.75. The van der Waals surface area contributed by atoms with E-state index >= 15 is 0 Å². The first-order valence-electron chi connectivity index (χ1n) is 9.37. The fraction of sp³-hybridized carbons (Fsp3) is 0.238. The van der Waals surface area contributed by atoms with Crippen LogP contribution in [-0.4, -0.2) is 41.4 Å². The van der Waals surface area contributed by atoms with Gasteiger partial charge in [-0.25, -0.2) is 17.8 Å². The maximum Gasteiger partial charge on any atom is 0.262 e. The number of hydrogen-bond donors (Lipinski definition) is 1. The smallest absolute Gasteiger partial charge is 0.262 e. The Morgan fingerprint density at radius 2 is 1.97 bits per heavy atom. The first kappa shape index (κ1) is 20.1. The number of nitrogens with one attached hydrogen (secondary N) is 1. The molecule has 0 spiro atoms. The zero-order valence-electron chi connectivity index (χ0n) is 16.2. The normalized spacial score (nSPS) is 19.5. The minimum absolute atomic E-state index is 0.00464. The van der Waals surface area contributed by atoms with Crippen LogP contribution in [0.2, 0.25) is 0 Å². The summed E-state index contributed by atoms with van der Waals surface area (Å²) in [5.41, 5.74) is 1.62. The van der Waals surface area contributed by atoms with Crippen LogP contribution in [0.3, 0.4) is 0 Å². The monoisotopic (exact) mass is 425 g/mol. The molecule has 1 aliphatic rings. The largest absolute Gasteiger partial charge is 0.380 e. The molecular formula is C21H20FN5O2S. The molecule has 1 saturated heterocycles. The molecule has 0 unspecified atom stereocenters. The zero-order valence-corrected chi connectivity index (χ0v) is 17.1. The van der Waals surface area contributed by atoms with Gasteiger partial charge in [0, 0.05) is 44.0 Å². The van der Waals surface area contributed by atoms with Crippen LogP contribution in [0, 0.1) is 17.1 Å². The molecule has 0 saturated carbocycles. The number of aromatic nitrogens is 2. The molecule has 3 aromatic rings. The number of aryl methyl sites for hydroxylation is 1. The summed E-state index contributed by atoms with van der Waals surface area (Å²) >= 11 is 0. The second-order valence-corrected chi connectivity index (χ2v) is 9.19. The van der Waals surface area contributed by atoms with E-state index in [4.69, 9.17) is 5.26 Å². The molecule has 0 bridgehead atoms. The van der Waals surface area contributed by atoms with E-state index in [-0.39, 0.29) is 35.6 Å². The first-order valence-corrected chi connectivity index (χ1v) is 10.8. The molecule has 30 heavy (non-hydrogen) atoms. The van der Waals surface area contributed by atoms with Crippen molar-refractivity contribution >= 4 is 15.7 Å². The van der Waals surface area contributed by atoms with Crippen LogP contribution in [0.1, 0.15) is 17.0 Å². The predicted molar refractivity (Wildman–Crippen MR) is 110 cm³/mol. The van der Waals surface area contributed by atoms with Gasteiger partial charge in [-0.3, -0.25) is 0 Å². The van der Waals surface area contributed by atoms with E-state index in [0.29, 0.717) is 5.69 Å². The highest BCUT2D eigenvalue weighted by atomic mass is 32.2. The van der Waals surface area contributed by atoms with E-state index < -0.39 is 15.8 Å². The van der Waals surface area contributed by atoms with Gasteiger partial charge in [0.2, 0.25) is 0 Å². The molecule has 1 aromatic heterocycles. The van der Waals surface area contributed by atoms with Gasteiger partial charge in [-0.1, -0.05) is 30.3 Å². The molecule has 2 heterocycles. The van der Waals surface area contributed by atoms with Gasteiger partial charge in [-0.15, -0.1) is 0 Å². The van der Waals surface area contributed by atoms with Crippen LogP contribution in [0.4, 0.5) is 10.1 Å². The van der Waals surface area contributed by atoms with E-state index in [9.17, 15) is 12.8 Å². The first-order chi connectivity index (χ1) is 14.4. The third-order valence-electron chi connectivity index (χ3n) is 5.18. The summed E-state index contributed by atoms with van der Waals surface area (Å²) in [5, 5.41) is 12.3. The Kier molecular flexibility index (Phi) is 5.28. The van der Waals surface area contributed by atoms with Gasteiger partial charge in [0.15, 0.2) is 5.03 Å². The SMILES string of the molecule is Cn1cnc(S(=O)(=O)N2C[C@@H](Nc3cc(F)cc(C#N)c3)[C@H](c3ccccc3)C2)c1. The quantitative estimate of drug-likeness (QED) is 0.679. The predicted octanol–water partition coefficient (Wildman–Crippen LogP) is 2.70. The number of sulfonamides is 1. The molecule has 1 N–H and O–H groups in total. The Bertz CT molecular complexity index is 1200. The highest BCUT2D eigenvalue weighted by Crippen LogP contribution is 2.33. The van der Waals surface area contributed by atoms with Crippen LogP contribution in [-0.2, 0) is 17.1 Å². The summed E-state index contributed by atoms with van der Waals surface area (Å²) in [5.74, 6) is -0.678. The Balaban J connectivity index is 1.67. The molecule has 2 aromatic carbocycles.